The zero-order valence-corrected chi connectivity index (χ0v) is 14.0. The molecule has 0 spiro atoms. The zero-order chi connectivity index (χ0) is 18.6. The summed E-state index contributed by atoms with van der Waals surface area (Å²) in [4.78, 5) is 22.6. The molecule has 1 N–H and O–H groups in total. The number of benzene rings is 1. The molecule has 1 aliphatic rings. The summed E-state index contributed by atoms with van der Waals surface area (Å²) in [7, 11) is 0. The fourth-order valence-electron chi connectivity index (χ4n) is 3.09. The van der Waals surface area contributed by atoms with Gasteiger partial charge in [0.05, 0.1) is 12.0 Å². The summed E-state index contributed by atoms with van der Waals surface area (Å²) >= 11 is 0. The second-order valence-electron chi connectivity index (χ2n) is 6.22. The Morgan fingerprint density at radius 3 is 2.73 bits per heavy atom. The summed E-state index contributed by atoms with van der Waals surface area (Å²) in [5, 5.41) is 2.81. The van der Waals surface area contributed by atoms with Crippen molar-refractivity contribution in [2.75, 3.05) is 18.0 Å². The number of halogens is 3. The van der Waals surface area contributed by atoms with Gasteiger partial charge in [0.25, 0.3) is 0 Å². The minimum Gasteiger partial charge on any atom is -0.354 e. The van der Waals surface area contributed by atoms with Gasteiger partial charge < -0.3 is 10.2 Å². The highest BCUT2D eigenvalue weighted by Gasteiger charge is 2.30. The molecule has 1 unspecified atom stereocenters. The van der Waals surface area contributed by atoms with Crippen LogP contribution >= 0.6 is 0 Å². The largest absolute Gasteiger partial charge is 0.416 e. The average Bonchev–Trinajstić information content (AvgIpc) is 3.09. The lowest BCUT2D eigenvalue weighted by molar-refractivity contribution is -0.137. The van der Waals surface area contributed by atoms with E-state index in [2.05, 4.69) is 15.3 Å². The van der Waals surface area contributed by atoms with Gasteiger partial charge in [-0.3, -0.25) is 4.79 Å². The van der Waals surface area contributed by atoms with Crippen LogP contribution in [0.4, 0.5) is 19.1 Å². The molecule has 0 aliphatic carbocycles. The van der Waals surface area contributed by atoms with Crippen LogP contribution in [-0.2, 0) is 17.4 Å². The molecule has 1 saturated heterocycles. The molecule has 2 aromatic rings. The smallest absolute Gasteiger partial charge is 0.354 e. The minimum atomic E-state index is -4.41. The van der Waals surface area contributed by atoms with Crippen molar-refractivity contribution in [2.45, 2.75) is 31.5 Å². The Balaban J connectivity index is 1.56. The van der Waals surface area contributed by atoms with Crippen LogP contribution in [0.3, 0.4) is 0 Å². The van der Waals surface area contributed by atoms with E-state index < -0.39 is 11.7 Å². The Labute approximate surface area is 149 Å². The number of nitrogens with zero attached hydrogens (tertiary/aromatic N) is 3. The molecule has 1 amide bonds. The summed E-state index contributed by atoms with van der Waals surface area (Å²) in [5.41, 5.74) is -0.405. The first-order valence-corrected chi connectivity index (χ1v) is 8.40. The number of anilines is 1. The number of carbonyl (C=O) groups excluding carboxylic acids is 1. The highest BCUT2D eigenvalue weighted by atomic mass is 19.4. The molecular formula is C18H19F3N4O. The number of hydrogen-bond donors (Lipinski definition) is 1. The van der Waals surface area contributed by atoms with Crippen LogP contribution in [-0.4, -0.2) is 35.0 Å². The monoisotopic (exact) mass is 364 g/mol. The molecule has 138 valence electrons. The van der Waals surface area contributed by atoms with Crippen LogP contribution in [0.2, 0.25) is 0 Å². The summed E-state index contributed by atoms with van der Waals surface area (Å²) in [6.07, 6.45) is 0.730. The maximum absolute atomic E-state index is 12.7. The second kappa shape index (κ2) is 7.72. The molecule has 1 aromatic carbocycles. The summed E-state index contributed by atoms with van der Waals surface area (Å²) in [6, 6.07) is 6.68. The summed E-state index contributed by atoms with van der Waals surface area (Å²) in [5.74, 6) is 0.326. The summed E-state index contributed by atoms with van der Waals surface area (Å²) in [6.45, 7) is 1.23. The Bertz CT molecular complexity index is 752. The van der Waals surface area contributed by atoms with Crippen LogP contribution < -0.4 is 10.2 Å². The first-order chi connectivity index (χ1) is 12.4. The first kappa shape index (κ1) is 18.2. The van der Waals surface area contributed by atoms with Gasteiger partial charge in [-0.1, -0.05) is 18.2 Å². The van der Waals surface area contributed by atoms with Gasteiger partial charge in [-0.05, 0) is 30.5 Å². The Morgan fingerprint density at radius 1 is 1.23 bits per heavy atom. The van der Waals surface area contributed by atoms with E-state index in [0.29, 0.717) is 18.1 Å². The summed E-state index contributed by atoms with van der Waals surface area (Å²) < 4.78 is 38.2. The van der Waals surface area contributed by atoms with Crippen LogP contribution in [0.15, 0.2) is 42.7 Å². The molecule has 26 heavy (non-hydrogen) atoms. The van der Waals surface area contributed by atoms with Gasteiger partial charge in [0, 0.05) is 31.5 Å². The number of rotatable bonds is 5. The molecule has 3 rings (SSSR count). The van der Waals surface area contributed by atoms with E-state index in [1.807, 2.05) is 4.90 Å². The third-order valence-electron chi connectivity index (χ3n) is 4.34. The van der Waals surface area contributed by atoms with E-state index in [9.17, 15) is 18.0 Å². The van der Waals surface area contributed by atoms with Crippen molar-refractivity contribution in [1.29, 1.82) is 0 Å². The minimum absolute atomic E-state index is 0.0848. The van der Waals surface area contributed by atoms with Crippen LogP contribution in [0.1, 0.15) is 24.0 Å². The van der Waals surface area contributed by atoms with Crippen LogP contribution in [0.5, 0.6) is 0 Å². The predicted octanol–water partition coefficient (Wildman–Crippen LogP) is 2.82. The van der Waals surface area contributed by atoms with Crippen molar-refractivity contribution >= 4 is 11.9 Å². The van der Waals surface area contributed by atoms with E-state index in [4.69, 9.17) is 0 Å². The van der Waals surface area contributed by atoms with E-state index >= 15 is 0 Å². The Morgan fingerprint density at radius 2 is 2.00 bits per heavy atom. The van der Waals surface area contributed by atoms with Crippen LogP contribution in [0, 0.1) is 0 Å². The van der Waals surface area contributed by atoms with Crippen molar-refractivity contribution in [3.8, 4) is 0 Å². The second-order valence-corrected chi connectivity index (χ2v) is 6.22. The van der Waals surface area contributed by atoms with Crippen molar-refractivity contribution in [3.05, 3.63) is 53.9 Å². The number of aromatic nitrogens is 2. The first-order valence-electron chi connectivity index (χ1n) is 8.40. The maximum Gasteiger partial charge on any atom is 0.416 e. The molecule has 8 heteroatoms. The SMILES string of the molecule is O=C(Cc1cccc(C(F)(F)F)c1)NCC1CCCN1c1ncccn1. The number of amides is 1. The fourth-order valence-corrected chi connectivity index (χ4v) is 3.09. The van der Waals surface area contributed by atoms with Gasteiger partial charge in [0.2, 0.25) is 11.9 Å². The zero-order valence-electron chi connectivity index (χ0n) is 14.0. The molecule has 0 bridgehead atoms. The van der Waals surface area contributed by atoms with E-state index in [-0.39, 0.29) is 18.4 Å². The Kier molecular flexibility index (Phi) is 5.39. The van der Waals surface area contributed by atoms with E-state index in [1.165, 1.54) is 12.1 Å². The number of nitrogens with one attached hydrogen (secondary N) is 1. The number of carbonyl (C=O) groups is 1. The van der Waals surface area contributed by atoms with Gasteiger partial charge in [-0.2, -0.15) is 13.2 Å². The predicted molar refractivity (Wildman–Crippen MR) is 90.6 cm³/mol. The van der Waals surface area contributed by atoms with Crippen LogP contribution in [0.25, 0.3) is 0 Å². The highest BCUT2D eigenvalue weighted by molar-refractivity contribution is 5.78. The Hall–Kier alpha value is -2.64. The van der Waals surface area contributed by atoms with Gasteiger partial charge in [0.1, 0.15) is 0 Å². The van der Waals surface area contributed by atoms with E-state index in [1.54, 1.807) is 18.5 Å². The van der Waals surface area contributed by atoms with Crippen molar-refractivity contribution in [2.24, 2.45) is 0 Å². The number of hydrogen-bond acceptors (Lipinski definition) is 4. The molecule has 1 aromatic heterocycles. The molecule has 1 aliphatic heterocycles. The molecule has 1 fully saturated rings. The molecular weight excluding hydrogens is 345 g/mol. The lowest BCUT2D eigenvalue weighted by Gasteiger charge is -2.24. The third-order valence-corrected chi connectivity index (χ3v) is 4.34. The molecule has 0 saturated carbocycles. The lowest BCUT2D eigenvalue weighted by atomic mass is 10.1. The molecule has 2 heterocycles. The lowest BCUT2D eigenvalue weighted by Crippen LogP contribution is -2.41. The van der Waals surface area contributed by atoms with Gasteiger partial charge >= 0.3 is 6.18 Å². The van der Waals surface area contributed by atoms with Crippen molar-refractivity contribution < 1.29 is 18.0 Å². The topological polar surface area (TPSA) is 58.1 Å². The van der Waals surface area contributed by atoms with Gasteiger partial charge in [0.15, 0.2) is 0 Å². The third kappa shape index (κ3) is 4.50. The molecule has 1 atom stereocenters. The quantitative estimate of drug-likeness (QED) is 0.886. The van der Waals surface area contributed by atoms with Gasteiger partial charge in [-0.25, -0.2) is 9.97 Å². The normalized spacial score (nSPS) is 17.3. The maximum atomic E-state index is 12.7. The standard InChI is InChI=1S/C18H19F3N4O/c19-18(20,21)14-5-1-4-13(10-14)11-16(26)24-12-15-6-2-9-25(15)17-22-7-3-8-23-17/h1,3-5,7-8,10,15H,2,6,9,11-12H2,(H,24,26). The molecule has 5 nitrogen and oxygen atoms in total. The van der Waals surface area contributed by atoms with Gasteiger partial charge in [-0.15, -0.1) is 0 Å². The average molecular weight is 364 g/mol. The van der Waals surface area contributed by atoms with Crippen molar-refractivity contribution in [1.82, 2.24) is 15.3 Å². The molecule has 0 radical (unpaired) electrons. The highest BCUT2D eigenvalue weighted by Crippen LogP contribution is 2.29. The van der Waals surface area contributed by atoms with E-state index in [0.717, 1.165) is 31.5 Å². The van der Waals surface area contributed by atoms with Crippen molar-refractivity contribution in [3.63, 3.8) is 0 Å². The number of alkyl halides is 3. The fraction of sp³-hybridized carbons (Fsp3) is 0.389.